The lowest BCUT2D eigenvalue weighted by atomic mass is 9.94. The number of carbonyl (C=O) groups is 2. The van der Waals surface area contributed by atoms with E-state index in [0.717, 1.165) is 30.7 Å². The summed E-state index contributed by atoms with van der Waals surface area (Å²) in [7, 11) is 0. The average Bonchev–Trinajstić information content (AvgIpc) is 3.38. The molecule has 7 heteroatoms. The Balaban J connectivity index is 0.00000225. The Hall–Kier alpha value is -1.89. The number of carbonyl (C=O) groups excluding carboxylic acids is 2. The first-order valence-electron chi connectivity index (χ1n) is 9.63. The van der Waals surface area contributed by atoms with Crippen LogP contribution in [0.2, 0.25) is 0 Å². The number of nitrogens with zero attached hydrogens (tertiary/aromatic N) is 1. The molecule has 2 unspecified atom stereocenters. The van der Waals surface area contributed by atoms with E-state index in [0.29, 0.717) is 19.5 Å². The van der Waals surface area contributed by atoms with Crippen molar-refractivity contribution in [2.75, 3.05) is 19.6 Å². The van der Waals surface area contributed by atoms with Crippen molar-refractivity contribution in [2.45, 2.75) is 37.8 Å². The zero-order valence-corrected chi connectivity index (χ0v) is 17.4. The first kappa shape index (κ1) is 20.8. The van der Waals surface area contributed by atoms with E-state index in [1.807, 2.05) is 23.6 Å². The van der Waals surface area contributed by atoms with Crippen LogP contribution in [0, 0.1) is 0 Å². The second kappa shape index (κ2) is 9.54. The maximum absolute atomic E-state index is 12.8. The van der Waals surface area contributed by atoms with E-state index in [9.17, 15) is 9.59 Å². The molecule has 0 saturated carbocycles. The molecule has 5 nitrogen and oxygen atoms in total. The van der Waals surface area contributed by atoms with E-state index in [2.05, 4.69) is 28.8 Å². The topological polar surface area (TPSA) is 61.4 Å². The number of hydrogen-bond acceptors (Lipinski definition) is 4. The van der Waals surface area contributed by atoms with Crippen molar-refractivity contribution in [3.8, 4) is 0 Å². The van der Waals surface area contributed by atoms with Crippen molar-refractivity contribution in [1.29, 1.82) is 0 Å². The number of nitrogens with one attached hydrogen (secondary N) is 2. The van der Waals surface area contributed by atoms with Crippen LogP contribution in [0.5, 0.6) is 0 Å². The van der Waals surface area contributed by atoms with Crippen molar-refractivity contribution in [2.24, 2.45) is 0 Å². The minimum Gasteiger partial charge on any atom is -0.352 e. The molecule has 2 atom stereocenters. The normalized spacial score (nSPS) is 20.9. The lowest BCUT2D eigenvalue weighted by Gasteiger charge is -2.29. The average molecular weight is 420 g/mol. The predicted octanol–water partition coefficient (Wildman–Crippen LogP) is 2.71. The first-order valence-corrected chi connectivity index (χ1v) is 10.5. The second-order valence-corrected chi connectivity index (χ2v) is 8.23. The van der Waals surface area contributed by atoms with Crippen molar-refractivity contribution in [1.82, 2.24) is 15.5 Å². The number of thiophene rings is 1. The Bertz CT molecular complexity index is 812. The van der Waals surface area contributed by atoms with Gasteiger partial charge in [0.15, 0.2) is 0 Å². The molecule has 0 radical (unpaired) electrons. The third kappa shape index (κ3) is 4.57. The van der Waals surface area contributed by atoms with Crippen LogP contribution in [-0.2, 0) is 22.4 Å². The molecule has 4 rings (SSSR count). The minimum absolute atomic E-state index is 0. The molecule has 2 aliphatic heterocycles. The van der Waals surface area contributed by atoms with Gasteiger partial charge in [0.25, 0.3) is 0 Å². The van der Waals surface area contributed by atoms with Crippen LogP contribution in [0.4, 0.5) is 0 Å². The Morgan fingerprint density at radius 2 is 2.07 bits per heavy atom. The highest BCUT2D eigenvalue weighted by Gasteiger charge is 2.34. The van der Waals surface area contributed by atoms with Crippen LogP contribution >= 0.6 is 23.7 Å². The predicted molar refractivity (Wildman–Crippen MR) is 114 cm³/mol. The van der Waals surface area contributed by atoms with E-state index in [1.54, 1.807) is 16.2 Å². The summed E-state index contributed by atoms with van der Waals surface area (Å²) in [4.78, 5) is 28.2. The van der Waals surface area contributed by atoms with Gasteiger partial charge in [-0.15, -0.1) is 23.7 Å². The summed E-state index contributed by atoms with van der Waals surface area (Å²) in [5, 5.41) is 8.56. The number of halogens is 1. The van der Waals surface area contributed by atoms with Gasteiger partial charge < -0.3 is 15.5 Å². The molecule has 0 aliphatic carbocycles. The molecule has 0 bridgehead atoms. The van der Waals surface area contributed by atoms with Gasteiger partial charge >= 0.3 is 0 Å². The molecular formula is C21H26ClN3O2S. The standard InChI is InChI=1S/C21H25N3O2S.ClH/c25-20(13-16-6-4-12-27-16)24-11-3-8-19(24)21(26)23-14-18-17-7-2-1-5-15(17)9-10-22-18;/h1-2,4-7,12,18-19,22H,3,8-11,13-14H2,(H,23,26);1H. The third-order valence-corrected chi connectivity index (χ3v) is 6.35. The summed E-state index contributed by atoms with van der Waals surface area (Å²) < 4.78 is 0. The van der Waals surface area contributed by atoms with E-state index in [-0.39, 0.29) is 36.3 Å². The summed E-state index contributed by atoms with van der Waals surface area (Å²) >= 11 is 1.59. The molecule has 1 fully saturated rings. The zero-order valence-electron chi connectivity index (χ0n) is 15.7. The van der Waals surface area contributed by atoms with Crippen molar-refractivity contribution in [3.05, 3.63) is 57.8 Å². The van der Waals surface area contributed by atoms with Crippen LogP contribution < -0.4 is 10.6 Å². The van der Waals surface area contributed by atoms with E-state index in [1.165, 1.54) is 11.1 Å². The molecule has 1 aromatic carbocycles. The van der Waals surface area contributed by atoms with Crippen LogP contribution in [-0.4, -0.2) is 42.4 Å². The van der Waals surface area contributed by atoms with Gasteiger partial charge in [-0.2, -0.15) is 0 Å². The highest BCUT2D eigenvalue weighted by atomic mass is 35.5. The molecule has 2 aromatic rings. The molecule has 1 aromatic heterocycles. The van der Waals surface area contributed by atoms with Gasteiger partial charge in [-0.25, -0.2) is 0 Å². The number of likely N-dealkylation sites (tertiary alicyclic amines) is 1. The minimum atomic E-state index is -0.337. The molecule has 1 saturated heterocycles. The Morgan fingerprint density at radius 1 is 1.21 bits per heavy atom. The quantitative estimate of drug-likeness (QED) is 0.783. The van der Waals surface area contributed by atoms with E-state index < -0.39 is 0 Å². The Morgan fingerprint density at radius 3 is 2.89 bits per heavy atom. The van der Waals surface area contributed by atoms with Crippen LogP contribution in [0.15, 0.2) is 41.8 Å². The Kier molecular flexibility index (Phi) is 7.10. The largest absolute Gasteiger partial charge is 0.352 e. The molecular weight excluding hydrogens is 394 g/mol. The highest BCUT2D eigenvalue weighted by molar-refractivity contribution is 7.10. The van der Waals surface area contributed by atoms with Crippen molar-refractivity contribution < 1.29 is 9.59 Å². The Labute approximate surface area is 175 Å². The fourth-order valence-corrected chi connectivity index (χ4v) is 4.79. The number of benzene rings is 1. The molecule has 2 N–H and O–H groups in total. The third-order valence-electron chi connectivity index (χ3n) is 5.48. The van der Waals surface area contributed by atoms with Gasteiger partial charge in [0.05, 0.1) is 6.42 Å². The van der Waals surface area contributed by atoms with Gasteiger partial charge in [-0.05, 0) is 48.4 Å². The van der Waals surface area contributed by atoms with E-state index >= 15 is 0 Å². The summed E-state index contributed by atoms with van der Waals surface area (Å²) in [5.41, 5.74) is 2.62. The smallest absolute Gasteiger partial charge is 0.242 e. The number of hydrogen-bond donors (Lipinski definition) is 2. The second-order valence-electron chi connectivity index (χ2n) is 7.20. The van der Waals surface area contributed by atoms with Gasteiger partial charge in [-0.3, -0.25) is 9.59 Å². The SMILES string of the molecule is Cl.O=C(NCC1NCCc2ccccc21)C1CCCN1C(=O)Cc1cccs1. The lowest BCUT2D eigenvalue weighted by Crippen LogP contribution is -2.48. The monoisotopic (exact) mass is 419 g/mol. The molecule has 2 amide bonds. The number of amides is 2. The van der Waals surface area contributed by atoms with Crippen molar-refractivity contribution in [3.63, 3.8) is 0 Å². The summed E-state index contributed by atoms with van der Waals surface area (Å²) in [6.07, 6.45) is 3.04. The van der Waals surface area contributed by atoms with Gasteiger partial charge in [0.1, 0.15) is 6.04 Å². The zero-order chi connectivity index (χ0) is 18.6. The summed E-state index contributed by atoms with van der Waals surface area (Å²) in [6, 6.07) is 12.1. The van der Waals surface area contributed by atoms with Gasteiger partial charge in [0, 0.05) is 24.0 Å². The maximum atomic E-state index is 12.8. The van der Waals surface area contributed by atoms with Crippen LogP contribution in [0.1, 0.15) is 34.9 Å². The number of fused-ring (bicyclic) bond motifs is 1. The van der Waals surface area contributed by atoms with Gasteiger partial charge in [-0.1, -0.05) is 30.3 Å². The fourth-order valence-electron chi connectivity index (χ4n) is 4.10. The molecule has 2 aliphatic rings. The van der Waals surface area contributed by atoms with E-state index in [4.69, 9.17) is 0 Å². The highest BCUT2D eigenvalue weighted by Crippen LogP contribution is 2.23. The molecule has 3 heterocycles. The molecule has 28 heavy (non-hydrogen) atoms. The molecule has 0 spiro atoms. The van der Waals surface area contributed by atoms with Gasteiger partial charge in [0.2, 0.25) is 11.8 Å². The van der Waals surface area contributed by atoms with Crippen molar-refractivity contribution >= 4 is 35.6 Å². The fraction of sp³-hybridized carbons (Fsp3) is 0.429. The summed E-state index contributed by atoms with van der Waals surface area (Å²) in [5.74, 6) is 0.0214. The first-order chi connectivity index (χ1) is 13.2. The van der Waals surface area contributed by atoms with Crippen LogP contribution in [0.25, 0.3) is 0 Å². The lowest BCUT2D eigenvalue weighted by molar-refractivity contribution is -0.137. The number of rotatable bonds is 5. The van der Waals surface area contributed by atoms with Crippen LogP contribution in [0.3, 0.4) is 0 Å². The summed E-state index contributed by atoms with van der Waals surface area (Å²) in [6.45, 7) is 2.15. The maximum Gasteiger partial charge on any atom is 0.242 e. The molecule has 150 valence electrons.